The molecule has 21 heavy (non-hydrogen) atoms. The molecule has 0 saturated heterocycles. The molecule has 0 saturated carbocycles. The second-order valence-electron chi connectivity index (χ2n) is 4.69. The van der Waals surface area contributed by atoms with E-state index < -0.39 is 6.10 Å². The number of halogens is 1. The number of ether oxygens (including phenoxy) is 1. The summed E-state index contributed by atoms with van der Waals surface area (Å²) in [6, 6.07) is 15.9. The van der Waals surface area contributed by atoms with Gasteiger partial charge < -0.3 is 10.1 Å². The molecule has 1 amide bonds. The van der Waals surface area contributed by atoms with Crippen molar-refractivity contribution in [2.75, 3.05) is 6.54 Å². The Labute approximate surface area is 133 Å². The second kappa shape index (κ2) is 7.27. The topological polar surface area (TPSA) is 38.3 Å². The predicted octanol–water partition coefficient (Wildman–Crippen LogP) is 4.02. The molecule has 1 N–H and O–H groups in total. The van der Waals surface area contributed by atoms with Crippen LogP contribution in [0.1, 0.15) is 13.8 Å². The van der Waals surface area contributed by atoms with E-state index in [0.29, 0.717) is 12.3 Å². The molecule has 3 nitrogen and oxygen atoms in total. The SMILES string of the molecule is CCNC(=O)[C@H](C)Oc1ccc(-c2ccc(Br)cc2)cc1. The molecule has 0 fully saturated rings. The van der Waals surface area contributed by atoms with Crippen LogP contribution in [-0.2, 0) is 4.79 Å². The first kappa shape index (κ1) is 15.6. The highest BCUT2D eigenvalue weighted by Gasteiger charge is 2.13. The minimum absolute atomic E-state index is 0.102. The predicted molar refractivity (Wildman–Crippen MR) is 88.4 cm³/mol. The van der Waals surface area contributed by atoms with Crippen molar-refractivity contribution in [3.63, 3.8) is 0 Å². The first-order valence-corrected chi connectivity index (χ1v) is 7.70. The van der Waals surface area contributed by atoms with Gasteiger partial charge in [0.2, 0.25) is 0 Å². The lowest BCUT2D eigenvalue weighted by Crippen LogP contribution is -2.36. The number of rotatable bonds is 5. The summed E-state index contributed by atoms with van der Waals surface area (Å²) in [4.78, 5) is 11.6. The molecular formula is C17H18BrNO2. The molecule has 0 aliphatic heterocycles. The Morgan fingerprint density at radius 3 is 2.14 bits per heavy atom. The Morgan fingerprint density at radius 1 is 1.10 bits per heavy atom. The van der Waals surface area contributed by atoms with E-state index in [1.807, 2.05) is 43.3 Å². The van der Waals surface area contributed by atoms with Gasteiger partial charge in [-0.15, -0.1) is 0 Å². The van der Waals surface area contributed by atoms with Crippen molar-refractivity contribution in [3.05, 3.63) is 53.0 Å². The summed E-state index contributed by atoms with van der Waals surface area (Å²) >= 11 is 3.43. The van der Waals surface area contributed by atoms with Crippen LogP contribution in [0.3, 0.4) is 0 Å². The largest absolute Gasteiger partial charge is 0.481 e. The maximum absolute atomic E-state index is 11.6. The molecule has 0 radical (unpaired) electrons. The summed E-state index contributed by atoms with van der Waals surface area (Å²) in [6.45, 7) is 4.24. The standard InChI is InChI=1S/C17H18BrNO2/c1-3-19-17(20)12(2)21-16-10-6-14(7-11-16)13-4-8-15(18)9-5-13/h4-12H,3H2,1-2H3,(H,19,20)/t12-/m0/s1. The first-order valence-electron chi connectivity index (χ1n) is 6.90. The Hall–Kier alpha value is -1.81. The van der Waals surface area contributed by atoms with Gasteiger partial charge in [-0.05, 0) is 49.2 Å². The third-order valence-corrected chi connectivity index (χ3v) is 3.59. The van der Waals surface area contributed by atoms with Crippen molar-refractivity contribution in [2.45, 2.75) is 20.0 Å². The monoisotopic (exact) mass is 347 g/mol. The Bertz CT molecular complexity index is 593. The number of nitrogens with one attached hydrogen (secondary N) is 1. The van der Waals surface area contributed by atoms with Crippen molar-refractivity contribution < 1.29 is 9.53 Å². The van der Waals surface area contributed by atoms with E-state index in [1.54, 1.807) is 6.92 Å². The molecule has 0 heterocycles. The van der Waals surface area contributed by atoms with Crippen LogP contribution in [0.15, 0.2) is 53.0 Å². The van der Waals surface area contributed by atoms with Crippen molar-refractivity contribution in [2.24, 2.45) is 0 Å². The fourth-order valence-electron chi connectivity index (χ4n) is 1.94. The Morgan fingerprint density at radius 2 is 1.62 bits per heavy atom. The van der Waals surface area contributed by atoms with Crippen molar-refractivity contribution in [1.29, 1.82) is 0 Å². The van der Waals surface area contributed by atoms with Gasteiger partial charge in [-0.25, -0.2) is 0 Å². The van der Waals surface area contributed by atoms with Crippen LogP contribution < -0.4 is 10.1 Å². The molecule has 110 valence electrons. The highest BCUT2D eigenvalue weighted by Crippen LogP contribution is 2.24. The second-order valence-corrected chi connectivity index (χ2v) is 5.60. The molecule has 0 aliphatic carbocycles. The van der Waals surface area contributed by atoms with E-state index in [9.17, 15) is 4.79 Å². The van der Waals surface area contributed by atoms with Crippen LogP contribution in [-0.4, -0.2) is 18.6 Å². The summed E-state index contributed by atoms with van der Waals surface area (Å²) in [5, 5.41) is 2.74. The van der Waals surface area contributed by atoms with E-state index in [4.69, 9.17) is 4.74 Å². The van der Waals surface area contributed by atoms with Crippen LogP contribution >= 0.6 is 15.9 Å². The van der Waals surface area contributed by atoms with Crippen LogP contribution in [0, 0.1) is 0 Å². The van der Waals surface area contributed by atoms with E-state index in [2.05, 4.69) is 33.4 Å². The number of carbonyl (C=O) groups excluding carboxylic acids is 1. The van der Waals surface area contributed by atoms with Gasteiger partial charge in [0, 0.05) is 11.0 Å². The summed E-state index contributed by atoms with van der Waals surface area (Å²) in [5.74, 6) is 0.587. The third kappa shape index (κ3) is 4.33. The van der Waals surface area contributed by atoms with Crippen LogP contribution in [0.25, 0.3) is 11.1 Å². The highest BCUT2D eigenvalue weighted by molar-refractivity contribution is 9.10. The van der Waals surface area contributed by atoms with Gasteiger partial charge >= 0.3 is 0 Å². The van der Waals surface area contributed by atoms with Gasteiger partial charge in [-0.1, -0.05) is 40.2 Å². The molecular weight excluding hydrogens is 330 g/mol. The number of benzene rings is 2. The van der Waals surface area contributed by atoms with Crippen LogP contribution in [0.4, 0.5) is 0 Å². The zero-order chi connectivity index (χ0) is 15.2. The zero-order valence-corrected chi connectivity index (χ0v) is 13.7. The van der Waals surface area contributed by atoms with Crippen molar-refractivity contribution in [1.82, 2.24) is 5.32 Å². The summed E-state index contributed by atoms with van der Waals surface area (Å²) in [5.41, 5.74) is 2.25. The van der Waals surface area contributed by atoms with Gasteiger partial charge in [0.25, 0.3) is 5.91 Å². The normalized spacial score (nSPS) is 11.8. The molecule has 1 atom stereocenters. The van der Waals surface area contributed by atoms with Gasteiger partial charge in [-0.3, -0.25) is 4.79 Å². The van der Waals surface area contributed by atoms with Crippen LogP contribution in [0.5, 0.6) is 5.75 Å². The number of amides is 1. The third-order valence-electron chi connectivity index (χ3n) is 3.06. The van der Waals surface area contributed by atoms with Crippen LogP contribution in [0.2, 0.25) is 0 Å². The number of carbonyl (C=O) groups is 1. The van der Waals surface area contributed by atoms with E-state index in [1.165, 1.54) is 0 Å². The maximum Gasteiger partial charge on any atom is 0.260 e. The lowest BCUT2D eigenvalue weighted by Gasteiger charge is -2.14. The molecule has 0 aliphatic rings. The molecule has 0 unspecified atom stereocenters. The minimum atomic E-state index is -0.497. The van der Waals surface area contributed by atoms with E-state index in [-0.39, 0.29) is 5.91 Å². The van der Waals surface area contributed by atoms with Gasteiger partial charge in [0.05, 0.1) is 0 Å². The molecule has 2 aromatic carbocycles. The summed E-state index contributed by atoms with van der Waals surface area (Å²) < 4.78 is 6.68. The molecule has 4 heteroatoms. The quantitative estimate of drug-likeness (QED) is 0.886. The number of likely N-dealkylation sites (N-methyl/N-ethyl adjacent to an activating group) is 1. The highest BCUT2D eigenvalue weighted by atomic mass is 79.9. The Balaban J connectivity index is 2.05. The van der Waals surface area contributed by atoms with Gasteiger partial charge in [-0.2, -0.15) is 0 Å². The number of hydrogen-bond donors (Lipinski definition) is 1. The molecule has 0 spiro atoms. The molecule has 0 bridgehead atoms. The lowest BCUT2D eigenvalue weighted by molar-refractivity contribution is -0.127. The van der Waals surface area contributed by atoms with Gasteiger partial charge in [0.1, 0.15) is 5.75 Å². The smallest absolute Gasteiger partial charge is 0.260 e. The minimum Gasteiger partial charge on any atom is -0.481 e. The number of hydrogen-bond acceptors (Lipinski definition) is 2. The summed E-state index contributed by atoms with van der Waals surface area (Å²) in [7, 11) is 0. The lowest BCUT2D eigenvalue weighted by atomic mass is 10.1. The average molecular weight is 348 g/mol. The van der Waals surface area contributed by atoms with Gasteiger partial charge in [0.15, 0.2) is 6.10 Å². The molecule has 0 aromatic heterocycles. The zero-order valence-electron chi connectivity index (χ0n) is 12.1. The molecule has 2 rings (SSSR count). The first-order chi connectivity index (χ1) is 10.1. The van der Waals surface area contributed by atoms with E-state index >= 15 is 0 Å². The van der Waals surface area contributed by atoms with E-state index in [0.717, 1.165) is 15.6 Å². The van der Waals surface area contributed by atoms with Crippen molar-refractivity contribution >= 4 is 21.8 Å². The fraction of sp³-hybridized carbons (Fsp3) is 0.235. The Kier molecular flexibility index (Phi) is 5.39. The average Bonchev–Trinajstić information content (AvgIpc) is 2.49. The fourth-order valence-corrected chi connectivity index (χ4v) is 2.21. The maximum atomic E-state index is 11.6. The molecule has 2 aromatic rings. The summed E-state index contributed by atoms with van der Waals surface area (Å²) in [6.07, 6.45) is -0.497. The van der Waals surface area contributed by atoms with Crippen molar-refractivity contribution in [3.8, 4) is 16.9 Å².